The Morgan fingerprint density at radius 3 is 2.65 bits per heavy atom. The molecule has 106 valence electrons. The van der Waals surface area contributed by atoms with E-state index in [0.29, 0.717) is 16.5 Å². The molecule has 0 radical (unpaired) electrons. The number of aliphatic hydroxyl groups excluding tert-OH is 2. The van der Waals surface area contributed by atoms with Crippen molar-refractivity contribution in [2.45, 2.75) is 12.5 Å². The molecule has 0 spiro atoms. The zero-order valence-electron chi connectivity index (χ0n) is 10.9. The predicted octanol–water partition coefficient (Wildman–Crippen LogP) is 1.36. The van der Waals surface area contributed by atoms with Gasteiger partial charge in [-0.2, -0.15) is 0 Å². The molecule has 20 heavy (non-hydrogen) atoms. The lowest BCUT2D eigenvalue weighted by Crippen LogP contribution is -2.51. The van der Waals surface area contributed by atoms with E-state index < -0.39 is 11.4 Å². The topological polar surface area (TPSA) is 82.5 Å². The fourth-order valence-corrected chi connectivity index (χ4v) is 2.00. The van der Waals surface area contributed by atoms with Crippen molar-refractivity contribution in [1.82, 2.24) is 10.3 Å². The monoisotopic (exact) mass is 294 g/mol. The maximum absolute atomic E-state index is 12.3. The molecule has 0 bridgehead atoms. The molecule has 6 heteroatoms. The zero-order valence-corrected chi connectivity index (χ0v) is 11.7. The fraction of sp³-hybridized carbons (Fsp3) is 0.286. The van der Waals surface area contributed by atoms with E-state index in [1.807, 2.05) is 0 Å². The number of benzene rings is 1. The van der Waals surface area contributed by atoms with Crippen molar-refractivity contribution in [3.8, 4) is 0 Å². The number of halogens is 1. The summed E-state index contributed by atoms with van der Waals surface area (Å²) < 4.78 is 0. The number of rotatable bonds is 4. The van der Waals surface area contributed by atoms with Crippen LogP contribution in [0.3, 0.4) is 0 Å². The second kappa shape index (κ2) is 5.75. The van der Waals surface area contributed by atoms with Crippen molar-refractivity contribution < 1.29 is 15.0 Å². The van der Waals surface area contributed by atoms with Gasteiger partial charge < -0.3 is 15.5 Å². The van der Waals surface area contributed by atoms with Gasteiger partial charge >= 0.3 is 0 Å². The standard InChI is InChI=1S/C14H15ClN2O3/c1-14(7-18,8-19)17-13(20)10-6-12(15)16-11-5-3-2-4-9(10)11/h2-6,18-19H,7-8H2,1H3,(H,17,20). The second-order valence-corrected chi connectivity index (χ2v) is 5.23. The number of pyridine rings is 1. The highest BCUT2D eigenvalue weighted by Gasteiger charge is 2.26. The van der Waals surface area contributed by atoms with Crippen molar-refractivity contribution in [3.63, 3.8) is 0 Å². The first-order chi connectivity index (χ1) is 9.49. The molecule has 0 saturated heterocycles. The Balaban J connectivity index is 2.44. The van der Waals surface area contributed by atoms with Gasteiger partial charge in [-0.3, -0.25) is 4.79 Å². The quantitative estimate of drug-likeness (QED) is 0.744. The van der Waals surface area contributed by atoms with E-state index in [9.17, 15) is 15.0 Å². The normalized spacial score (nSPS) is 11.6. The molecule has 0 unspecified atom stereocenters. The van der Waals surface area contributed by atoms with Gasteiger partial charge in [0, 0.05) is 5.39 Å². The van der Waals surface area contributed by atoms with E-state index in [1.54, 1.807) is 31.2 Å². The summed E-state index contributed by atoms with van der Waals surface area (Å²) in [6.07, 6.45) is 0. The molecular weight excluding hydrogens is 280 g/mol. The number of fused-ring (bicyclic) bond motifs is 1. The van der Waals surface area contributed by atoms with E-state index in [-0.39, 0.29) is 18.4 Å². The number of aromatic nitrogens is 1. The lowest BCUT2D eigenvalue weighted by Gasteiger charge is -2.26. The van der Waals surface area contributed by atoms with Gasteiger partial charge in [0.2, 0.25) is 0 Å². The van der Waals surface area contributed by atoms with Crippen LogP contribution in [-0.2, 0) is 0 Å². The van der Waals surface area contributed by atoms with Crippen LogP contribution >= 0.6 is 11.6 Å². The number of carbonyl (C=O) groups is 1. The van der Waals surface area contributed by atoms with Gasteiger partial charge in [-0.15, -0.1) is 0 Å². The molecule has 0 fully saturated rings. The molecule has 3 N–H and O–H groups in total. The van der Waals surface area contributed by atoms with Gasteiger partial charge in [0.15, 0.2) is 0 Å². The van der Waals surface area contributed by atoms with Crippen LogP contribution < -0.4 is 5.32 Å². The first-order valence-corrected chi connectivity index (χ1v) is 6.46. The van der Waals surface area contributed by atoms with Crippen LogP contribution in [0, 0.1) is 0 Å². The Hall–Kier alpha value is -1.69. The van der Waals surface area contributed by atoms with Crippen LogP contribution in [-0.4, -0.2) is 39.9 Å². The van der Waals surface area contributed by atoms with Crippen molar-refractivity contribution in [1.29, 1.82) is 0 Å². The molecule has 2 rings (SSSR count). The third kappa shape index (κ3) is 2.90. The Kier molecular flexibility index (Phi) is 4.23. The van der Waals surface area contributed by atoms with Crippen molar-refractivity contribution in [2.24, 2.45) is 0 Å². The van der Waals surface area contributed by atoms with E-state index in [2.05, 4.69) is 10.3 Å². The molecule has 1 amide bonds. The van der Waals surface area contributed by atoms with Crippen LogP contribution in [0.5, 0.6) is 0 Å². The molecule has 2 aromatic rings. The number of nitrogens with one attached hydrogen (secondary N) is 1. The van der Waals surface area contributed by atoms with Gasteiger partial charge in [-0.05, 0) is 19.1 Å². The number of para-hydroxylation sites is 1. The van der Waals surface area contributed by atoms with Crippen molar-refractivity contribution in [3.05, 3.63) is 41.0 Å². The minimum Gasteiger partial charge on any atom is -0.394 e. The lowest BCUT2D eigenvalue weighted by molar-refractivity contribution is 0.0725. The largest absolute Gasteiger partial charge is 0.394 e. The summed E-state index contributed by atoms with van der Waals surface area (Å²) in [5.41, 5.74) is -0.123. The zero-order chi connectivity index (χ0) is 14.8. The summed E-state index contributed by atoms with van der Waals surface area (Å²) in [7, 11) is 0. The maximum atomic E-state index is 12.3. The third-order valence-corrected chi connectivity index (χ3v) is 3.24. The summed E-state index contributed by atoms with van der Waals surface area (Å²) in [5.74, 6) is -0.420. The molecule has 0 aliphatic carbocycles. The molecule has 5 nitrogen and oxygen atoms in total. The summed E-state index contributed by atoms with van der Waals surface area (Å²) in [5, 5.41) is 21.9. The van der Waals surface area contributed by atoms with Crippen LogP contribution in [0.4, 0.5) is 0 Å². The average Bonchev–Trinajstić information content (AvgIpc) is 2.46. The predicted molar refractivity (Wildman–Crippen MR) is 76.8 cm³/mol. The summed E-state index contributed by atoms with van der Waals surface area (Å²) in [6.45, 7) is 0.813. The SMILES string of the molecule is CC(CO)(CO)NC(=O)c1cc(Cl)nc2ccccc12. The van der Waals surface area contributed by atoms with E-state index in [4.69, 9.17) is 11.6 Å². The number of aliphatic hydroxyl groups is 2. The van der Waals surface area contributed by atoms with Gasteiger partial charge in [0.05, 0.1) is 29.8 Å². The van der Waals surface area contributed by atoms with Crippen LogP contribution in [0.25, 0.3) is 10.9 Å². The molecule has 0 saturated carbocycles. The molecule has 1 aromatic heterocycles. The summed E-state index contributed by atoms with van der Waals surface area (Å²) in [4.78, 5) is 16.5. The minimum atomic E-state index is -1.09. The molecule has 1 aromatic carbocycles. The Morgan fingerprint density at radius 1 is 1.35 bits per heavy atom. The first-order valence-electron chi connectivity index (χ1n) is 6.08. The third-order valence-electron chi connectivity index (χ3n) is 3.04. The van der Waals surface area contributed by atoms with Crippen molar-refractivity contribution in [2.75, 3.05) is 13.2 Å². The van der Waals surface area contributed by atoms with E-state index >= 15 is 0 Å². The van der Waals surface area contributed by atoms with Gasteiger partial charge in [-0.1, -0.05) is 29.8 Å². The first kappa shape index (κ1) is 14.7. The number of hydrogen-bond acceptors (Lipinski definition) is 4. The minimum absolute atomic E-state index is 0.212. The lowest BCUT2D eigenvalue weighted by atomic mass is 10.0. The van der Waals surface area contributed by atoms with E-state index in [1.165, 1.54) is 6.07 Å². The Morgan fingerprint density at radius 2 is 2.00 bits per heavy atom. The van der Waals surface area contributed by atoms with Crippen LogP contribution in [0.1, 0.15) is 17.3 Å². The Labute approximate surface area is 121 Å². The van der Waals surface area contributed by atoms with Gasteiger partial charge in [0.1, 0.15) is 5.15 Å². The number of carbonyl (C=O) groups excluding carboxylic acids is 1. The summed E-state index contributed by atoms with van der Waals surface area (Å²) >= 11 is 5.92. The average molecular weight is 295 g/mol. The number of hydrogen-bond donors (Lipinski definition) is 3. The maximum Gasteiger partial charge on any atom is 0.252 e. The molecular formula is C14H15ClN2O3. The molecule has 1 heterocycles. The fourth-order valence-electron chi connectivity index (χ4n) is 1.80. The van der Waals surface area contributed by atoms with Crippen molar-refractivity contribution >= 4 is 28.4 Å². The molecule has 0 aliphatic heterocycles. The number of amides is 1. The molecule has 0 atom stereocenters. The van der Waals surface area contributed by atoms with Crippen LogP contribution in [0.2, 0.25) is 5.15 Å². The smallest absolute Gasteiger partial charge is 0.252 e. The Bertz CT molecular complexity index is 641. The van der Waals surface area contributed by atoms with E-state index in [0.717, 1.165) is 0 Å². The highest BCUT2D eigenvalue weighted by Crippen LogP contribution is 2.21. The highest BCUT2D eigenvalue weighted by molar-refractivity contribution is 6.30. The van der Waals surface area contributed by atoms with Gasteiger partial charge in [0.25, 0.3) is 5.91 Å². The highest BCUT2D eigenvalue weighted by atomic mass is 35.5. The molecule has 0 aliphatic rings. The van der Waals surface area contributed by atoms with Gasteiger partial charge in [-0.25, -0.2) is 4.98 Å². The second-order valence-electron chi connectivity index (χ2n) is 4.84. The number of nitrogens with zero attached hydrogens (tertiary/aromatic N) is 1. The summed E-state index contributed by atoms with van der Waals surface area (Å²) in [6, 6.07) is 8.59. The van der Waals surface area contributed by atoms with Crippen LogP contribution in [0.15, 0.2) is 30.3 Å².